The van der Waals surface area contributed by atoms with Crippen LogP contribution >= 0.6 is 0 Å². The lowest BCUT2D eigenvalue weighted by Gasteiger charge is -2.31. The number of hydrogen-bond acceptors (Lipinski definition) is 3. The molecule has 0 saturated heterocycles. The lowest BCUT2D eigenvalue weighted by molar-refractivity contribution is -0.120. The Kier molecular flexibility index (Phi) is 7.87. The van der Waals surface area contributed by atoms with Crippen molar-refractivity contribution in [3.63, 3.8) is 0 Å². The smallest absolute Gasteiger partial charge is 0.407 e. The molecule has 0 aliphatic carbocycles. The summed E-state index contributed by atoms with van der Waals surface area (Å²) < 4.78 is 14.5. The normalized spacial score (nSPS) is 11.7. The average Bonchev–Trinajstić information content (AvgIpc) is 2.81. The first-order valence-electron chi connectivity index (χ1n) is 11.2. The van der Waals surface area contributed by atoms with Gasteiger partial charge in [-0.2, -0.15) is 0 Å². The minimum atomic E-state index is -1.19. The number of pyridine rings is 1. The van der Waals surface area contributed by atoms with Gasteiger partial charge in [0.1, 0.15) is 23.4 Å². The zero-order valence-electron chi connectivity index (χ0n) is 20.2. The molecular formula is C28H28FN3O3. The van der Waals surface area contributed by atoms with Crippen molar-refractivity contribution in [2.75, 3.05) is 11.9 Å². The van der Waals surface area contributed by atoms with Crippen LogP contribution in [0.1, 0.15) is 39.0 Å². The van der Waals surface area contributed by atoms with E-state index in [0.29, 0.717) is 16.8 Å². The number of carbonyl (C=O) groups is 2. The summed E-state index contributed by atoms with van der Waals surface area (Å²) in [5.41, 5.74) is 1.60. The molecule has 0 aliphatic heterocycles. The first-order valence-corrected chi connectivity index (χ1v) is 11.2. The second-order valence-corrected chi connectivity index (χ2v) is 9.36. The summed E-state index contributed by atoms with van der Waals surface area (Å²) in [7, 11) is 0. The number of aromatic nitrogens is 1. The lowest BCUT2D eigenvalue weighted by Crippen LogP contribution is -2.48. The largest absolute Gasteiger partial charge is 0.465 e. The van der Waals surface area contributed by atoms with Crippen LogP contribution < -0.4 is 5.32 Å². The Morgan fingerprint density at radius 2 is 1.71 bits per heavy atom. The van der Waals surface area contributed by atoms with Gasteiger partial charge in [0.05, 0.1) is 0 Å². The number of halogens is 1. The van der Waals surface area contributed by atoms with E-state index in [4.69, 9.17) is 0 Å². The van der Waals surface area contributed by atoms with Crippen molar-refractivity contribution in [3.8, 4) is 23.0 Å². The molecule has 1 aromatic heterocycles. The molecule has 2 amide bonds. The second-order valence-electron chi connectivity index (χ2n) is 9.36. The zero-order chi connectivity index (χ0) is 25.6. The molecule has 7 heteroatoms. The Hall–Kier alpha value is -4.18. The summed E-state index contributed by atoms with van der Waals surface area (Å²) in [5, 5.41) is 12.3. The number of amides is 2. The van der Waals surface area contributed by atoms with E-state index in [1.807, 2.05) is 51.1 Å². The van der Waals surface area contributed by atoms with Crippen LogP contribution in [0.5, 0.6) is 0 Å². The first kappa shape index (κ1) is 25.4. The van der Waals surface area contributed by atoms with Crippen molar-refractivity contribution < 1.29 is 19.1 Å². The predicted octanol–water partition coefficient (Wildman–Crippen LogP) is 5.64. The van der Waals surface area contributed by atoms with Gasteiger partial charge in [0.25, 0.3) is 0 Å². The van der Waals surface area contributed by atoms with Crippen LogP contribution in [0.25, 0.3) is 11.1 Å². The van der Waals surface area contributed by atoms with E-state index in [2.05, 4.69) is 22.1 Å². The Bertz CT molecular complexity index is 1270. The Morgan fingerprint density at radius 1 is 1.06 bits per heavy atom. The molecule has 0 saturated carbocycles. The summed E-state index contributed by atoms with van der Waals surface area (Å²) in [4.78, 5) is 30.3. The van der Waals surface area contributed by atoms with E-state index in [0.717, 1.165) is 10.5 Å². The lowest BCUT2D eigenvalue weighted by atomic mass is 9.95. The van der Waals surface area contributed by atoms with Crippen molar-refractivity contribution >= 4 is 17.8 Å². The number of hydrogen-bond donors (Lipinski definition) is 2. The second kappa shape index (κ2) is 10.8. The highest BCUT2D eigenvalue weighted by atomic mass is 19.1. The van der Waals surface area contributed by atoms with Gasteiger partial charge in [-0.25, -0.2) is 14.2 Å². The van der Waals surface area contributed by atoms with Crippen LogP contribution in [0.15, 0.2) is 66.7 Å². The maximum atomic E-state index is 14.5. The number of nitrogens with zero attached hydrogens (tertiary/aromatic N) is 2. The molecule has 180 valence electrons. The van der Waals surface area contributed by atoms with E-state index in [1.54, 1.807) is 30.3 Å². The average molecular weight is 474 g/mol. The molecule has 3 aromatic rings. The van der Waals surface area contributed by atoms with Gasteiger partial charge in [-0.3, -0.25) is 9.69 Å². The van der Waals surface area contributed by atoms with Crippen LogP contribution in [-0.2, 0) is 4.79 Å². The van der Waals surface area contributed by atoms with Gasteiger partial charge in [0.15, 0.2) is 0 Å². The molecule has 0 aliphatic rings. The van der Waals surface area contributed by atoms with Crippen molar-refractivity contribution in [1.82, 2.24) is 9.88 Å². The van der Waals surface area contributed by atoms with Gasteiger partial charge in [0, 0.05) is 17.7 Å². The van der Waals surface area contributed by atoms with Gasteiger partial charge in [-0.05, 0) is 54.2 Å². The number of carbonyl (C=O) groups excluding carboxylic acids is 1. The molecular weight excluding hydrogens is 445 g/mol. The first-order chi connectivity index (χ1) is 16.5. The van der Waals surface area contributed by atoms with E-state index < -0.39 is 23.9 Å². The SMILES string of the molecule is CC(C(=O)Nc1cc(-c2ccccc2F)cc(C#Cc2ccccc2)n1)N(CC(C)(C)C)C(=O)O. The Balaban J connectivity index is 1.96. The quantitative estimate of drug-likeness (QED) is 0.470. The van der Waals surface area contributed by atoms with Gasteiger partial charge in [0.2, 0.25) is 5.91 Å². The Labute approximate surface area is 204 Å². The summed E-state index contributed by atoms with van der Waals surface area (Å²) >= 11 is 0. The monoisotopic (exact) mass is 473 g/mol. The van der Waals surface area contributed by atoms with Gasteiger partial charge < -0.3 is 10.4 Å². The van der Waals surface area contributed by atoms with Crippen LogP contribution in [0, 0.1) is 23.1 Å². The molecule has 6 nitrogen and oxygen atoms in total. The summed E-state index contributed by atoms with van der Waals surface area (Å²) in [6.45, 7) is 7.37. The zero-order valence-corrected chi connectivity index (χ0v) is 20.2. The van der Waals surface area contributed by atoms with Crippen LogP contribution in [-0.4, -0.2) is 39.6 Å². The molecule has 0 bridgehead atoms. The number of nitrogens with one attached hydrogen (secondary N) is 1. The van der Waals surface area contributed by atoms with Crippen LogP contribution in [0.2, 0.25) is 0 Å². The van der Waals surface area contributed by atoms with Crippen molar-refractivity contribution in [3.05, 3.63) is 83.8 Å². The molecule has 2 aromatic carbocycles. The minimum Gasteiger partial charge on any atom is -0.465 e. The number of rotatable bonds is 5. The van der Waals surface area contributed by atoms with E-state index in [1.165, 1.54) is 13.0 Å². The third-order valence-corrected chi connectivity index (χ3v) is 5.11. The molecule has 0 fully saturated rings. The molecule has 1 heterocycles. The van der Waals surface area contributed by atoms with Crippen molar-refractivity contribution in [2.24, 2.45) is 5.41 Å². The fraction of sp³-hybridized carbons (Fsp3) is 0.250. The molecule has 2 N–H and O–H groups in total. The number of benzene rings is 2. The van der Waals surface area contributed by atoms with Crippen molar-refractivity contribution in [1.29, 1.82) is 0 Å². The third kappa shape index (κ3) is 7.15. The molecule has 0 radical (unpaired) electrons. The van der Waals surface area contributed by atoms with Gasteiger partial charge >= 0.3 is 6.09 Å². The highest BCUT2D eigenvalue weighted by molar-refractivity contribution is 5.96. The summed E-state index contributed by atoms with van der Waals surface area (Å²) in [6.07, 6.45) is -1.19. The maximum Gasteiger partial charge on any atom is 0.407 e. The molecule has 35 heavy (non-hydrogen) atoms. The minimum absolute atomic E-state index is 0.154. The number of anilines is 1. The van der Waals surface area contributed by atoms with Gasteiger partial charge in [-0.15, -0.1) is 0 Å². The molecule has 3 rings (SSSR count). The van der Waals surface area contributed by atoms with E-state index >= 15 is 0 Å². The van der Waals surface area contributed by atoms with E-state index in [-0.39, 0.29) is 17.8 Å². The molecule has 1 unspecified atom stereocenters. The standard InChI is InChI=1S/C28H28FN3O3/c1-19(32(27(34)35)18-28(2,3)4)26(33)31-25-17-21(23-12-8-9-13-24(23)29)16-22(30-25)15-14-20-10-6-5-7-11-20/h5-13,16-17,19H,18H2,1-4H3,(H,34,35)(H,30,31,33). The number of carboxylic acid groups (broad SMARTS) is 1. The fourth-order valence-corrected chi connectivity index (χ4v) is 3.42. The summed E-state index contributed by atoms with van der Waals surface area (Å²) in [6, 6.07) is 17.8. The highest BCUT2D eigenvalue weighted by Crippen LogP contribution is 2.26. The highest BCUT2D eigenvalue weighted by Gasteiger charge is 2.29. The topological polar surface area (TPSA) is 82.5 Å². The maximum absolute atomic E-state index is 14.5. The van der Waals surface area contributed by atoms with Crippen LogP contribution in [0.3, 0.4) is 0 Å². The van der Waals surface area contributed by atoms with Crippen molar-refractivity contribution in [2.45, 2.75) is 33.7 Å². The Morgan fingerprint density at radius 3 is 2.34 bits per heavy atom. The van der Waals surface area contributed by atoms with E-state index in [9.17, 15) is 19.1 Å². The third-order valence-electron chi connectivity index (χ3n) is 5.11. The fourth-order valence-electron chi connectivity index (χ4n) is 3.42. The summed E-state index contributed by atoms with van der Waals surface area (Å²) in [5.74, 6) is 5.16. The molecule has 0 spiro atoms. The van der Waals surface area contributed by atoms with Gasteiger partial charge in [-0.1, -0.05) is 63.1 Å². The predicted molar refractivity (Wildman–Crippen MR) is 134 cm³/mol. The van der Waals surface area contributed by atoms with Crippen LogP contribution in [0.4, 0.5) is 15.0 Å². The molecule has 1 atom stereocenters.